The van der Waals surface area contributed by atoms with E-state index in [0.29, 0.717) is 17.6 Å². The number of piperidine rings is 1. The molecule has 0 radical (unpaired) electrons. The van der Waals surface area contributed by atoms with Gasteiger partial charge in [-0.05, 0) is 34.8 Å². The van der Waals surface area contributed by atoms with Crippen LogP contribution in [0.4, 0.5) is 10.2 Å². The van der Waals surface area contributed by atoms with E-state index < -0.39 is 15.8 Å². The predicted octanol–water partition coefficient (Wildman–Crippen LogP) is 1.84. The monoisotopic (exact) mass is 365 g/mol. The molecule has 1 unspecified atom stereocenters. The zero-order valence-electron chi connectivity index (χ0n) is 11.4. The van der Waals surface area contributed by atoms with E-state index >= 15 is 0 Å². The van der Waals surface area contributed by atoms with Crippen LogP contribution in [0.15, 0.2) is 16.7 Å². The van der Waals surface area contributed by atoms with Crippen molar-refractivity contribution in [3.05, 3.63) is 22.6 Å². The summed E-state index contributed by atoms with van der Waals surface area (Å²) in [5.74, 6) is -0.123. The number of aromatic nitrogens is 1. The summed E-state index contributed by atoms with van der Waals surface area (Å²) in [5.41, 5.74) is 0. The maximum absolute atomic E-state index is 13.9. The number of anilines is 1. The minimum absolute atomic E-state index is 0.149. The maximum atomic E-state index is 13.9. The van der Waals surface area contributed by atoms with Crippen molar-refractivity contribution >= 4 is 31.8 Å². The zero-order chi connectivity index (χ0) is 14.9. The van der Waals surface area contributed by atoms with Crippen molar-refractivity contribution in [1.29, 1.82) is 0 Å². The van der Waals surface area contributed by atoms with E-state index in [9.17, 15) is 12.8 Å². The van der Waals surface area contributed by atoms with Gasteiger partial charge >= 0.3 is 0 Å². The highest BCUT2D eigenvalue weighted by molar-refractivity contribution is 9.10. The van der Waals surface area contributed by atoms with E-state index in [4.69, 9.17) is 0 Å². The van der Waals surface area contributed by atoms with Crippen LogP contribution in [0.25, 0.3) is 0 Å². The summed E-state index contributed by atoms with van der Waals surface area (Å²) in [6.45, 7) is 1.13. The van der Waals surface area contributed by atoms with Gasteiger partial charge in [-0.3, -0.25) is 0 Å². The van der Waals surface area contributed by atoms with Crippen molar-refractivity contribution in [2.75, 3.05) is 31.3 Å². The maximum Gasteiger partial charge on any atom is 0.211 e. The van der Waals surface area contributed by atoms with Gasteiger partial charge in [-0.25, -0.2) is 22.1 Å². The number of likely N-dealkylation sites (N-methyl/N-ethyl adjacent to an activating group) is 1. The molecule has 1 aromatic rings. The zero-order valence-corrected chi connectivity index (χ0v) is 13.8. The molecule has 5 nitrogen and oxygen atoms in total. The van der Waals surface area contributed by atoms with Gasteiger partial charge in [-0.15, -0.1) is 0 Å². The van der Waals surface area contributed by atoms with Gasteiger partial charge in [0.05, 0.1) is 6.26 Å². The molecule has 2 rings (SSSR count). The molecule has 1 aliphatic heterocycles. The average Bonchev–Trinajstić information content (AvgIpc) is 2.37. The van der Waals surface area contributed by atoms with E-state index in [-0.39, 0.29) is 11.9 Å². The standard InChI is InChI=1S/C12H17BrFN3O2S/c1-16(20(2,18)19)10-4-3-5-17(8-10)12-11(14)6-9(13)7-15-12/h6-7,10H,3-5,8H2,1-2H3. The van der Waals surface area contributed by atoms with Gasteiger partial charge in [0.2, 0.25) is 10.0 Å². The highest BCUT2D eigenvalue weighted by Gasteiger charge is 2.29. The second-order valence-corrected chi connectivity index (χ2v) is 7.94. The lowest BCUT2D eigenvalue weighted by Gasteiger charge is -2.37. The molecule has 0 spiro atoms. The molecule has 1 aliphatic rings. The fourth-order valence-corrected chi connectivity index (χ4v) is 3.37. The first-order valence-electron chi connectivity index (χ1n) is 6.28. The van der Waals surface area contributed by atoms with Crippen LogP contribution >= 0.6 is 15.9 Å². The van der Waals surface area contributed by atoms with Crippen LogP contribution in [0.1, 0.15) is 12.8 Å². The largest absolute Gasteiger partial charge is 0.353 e. The molecule has 20 heavy (non-hydrogen) atoms. The summed E-state index contributed by atoms with van der Waals surface area (Å²) in [6.07, 6.45) is 4.31. The molecule has 1 saturated heterocycles. The van der Waals surface area contributed by atoms with Gasteiger partial charge in [0.15, 0.2) is 11.6 Å². The van der Waals surface area contributed by atoms with Crippen LogP contribution in [0.3, 0.4) is 0 Å². The van der Waals surface area contributed by atoms with Crippen LogP contribution in [0, 0.1) is 5.82 Å². The van der Waals surface area contributed by atoms with Crippen LogP contribution in [0.2, 0.25) is 0 Å². The molecular formula is C12H17BrFN3O2S. The highest BCUT2D eigenvalue weighted by atomic mass is 79.9. The molecule has 0 bridgehead atoms. The minimum atomic E-state index is -3.24. The SMILES string of the molecule is CN(C1CCCN(c2ncc(Br)cc2F)C1)S(C)(=O)=O. The molecule has 8 heteroatoms. The van der Waals surface area contributed by atoms with E-state index in [1.54, 1.807) is 18.1 Å². The van der Waals surface area contributed by atoms with Crippen molar-refractivity contribution in [3.63, 3.8) is 0 Å². The number of hydrogen-bond acceptors (Lipinski definition) is 4. The number of pyridine rings is 1. The van der Waals surface area contributed by atoms with E-state index in [2.05, 4.69) is 20.9 Å². The van der Waals surface area contributed by atoms with Gasteiger partial charge in [-0.2, -0.15) is 0 Å². The molecule has 0 aromatic carbocycles. The number of hydrogen-bond donors (Lipinski definition) is 0. The third-order valence-electron chi connectivity index (χ3n) is 3.52. The molecule has 1 aromatic heterocycles. The van der Waals surface area contributed by atoms with Gasteiger partial charge < -0.3 is 4.90 Å². The molecule has 2 heterocycles. The Morgan fingerprint density at radius 3 is 2.85 bits per heavy atom. The Morgan fingerprint density at radius 2 is 2.25 bits per heavy atom. The molecule has 0 amide bonds. The Hall–Kier alpha value is -0.730. The smallest absolute Gasteiger partial charge is 0.211 e. The van der Waals surface area contributed by atoms with E-state index in [0.717, 1.165) is 12.8 Å². The molecule has 1 atom stereocenters. The van der Waals surface area contributed by atoms with E-state index in [1.807, 2.05) is 0 Å². The Bertz CT molecular complexity index is 596. The number of halogens is 2. The van der Waals surface area contributed by atoms with Gasteiger partial charge in [0, 0.05) is 36.8 Å². The first-order valence-corrected chi connectivity index (χ1v) is 8.92. The average molecular weight is 366 g/mol. The predicted molar refractivity (Wildman–Crippen MR) is 79.7 cm³/mol. The quantitative estimate of drug-likeness (QED) is 0.819. The van der Waals surface area contributed by atoms with Gasteiger partial charge in [0.1, 0.15) is 0 Å². The minimum Gasteiger partial charge on any atom is -0.353 e. The van der Waals surface area contributed by atoms with Crippen molar-refractivity contribution in [3.8, 4) is 0 Å². The molecule has 1 fully saturated rings. The first-order chi connectivity index (χ1) is 9.29. The van der Waals surface area contributed by atoms with Crippen molar-refractivity contribution in [2.24, 2.45) is 0 Å². The second kappa shape index (κ2) is 5.95. The summed E-state index contributed by atoms with van der Waals surface area (Å²) >= 11 is 3.17. The topological polar surface area (TPSA) is 53.5 Å². The third kappa shape index (κ3) is 3.48. The first kappa shape index (κ1) is 15.7. The van der Waals surface area contributed by atoms with E-state index in [1.165, 1.54) is 16.6 Å². The summed E-state index contributed by atoms with van der Waals surface area (Å²) in [6, 6.07) is 1.22. The van der Waals surface area contributed by atoms with Crippen LogP contribution in [-0.4, -0.2) is 50.1 Å². The molecule has 0 saturated carbocycles. The fraction of sp³-hybridized carbons (Fsp3) is 0.583. The summed E-state index contributed by atoms with van der Waals surface area (Å²) < 4.78 is 39.1. The lowest BCUT2D eigenvalue weighted by Crippen LogP contribution is -2.48. The lowest BCUT2D eigenvalue weighted by molar-refractivity contribution is 0.320. The Balaban J connectivity index is 2.18. The van der Waals surface area contributed by atoms with Gasteiger partial charge in [-0.1, -0.05) is 0 Å². The van der Waals surface area contributed by atoms with Crippen LogP contribution in [0.5, 0.6) is 0 Å². The molecular weight excluding hydrogens is 349 g/mol. The lowest BCUT2D eigenvalue weighted by atomic mass is 10.1. The number of sulfonamides is 1. The van der Waals surface area contributed by atoms with Gasteiger partial charge in [0.25, 0.3) is 0 Å². The molecule has 0 N–H and O–H groups in total. The summed E-state index contributed by atoms with van der Waals surface area (Å²) in [4.78, 5) is 5.90. The number of rotatable bonds is 3. The number of nitrogens with zero attached hydrogens (tertiary/aromatic N) is 3. The Kier molecular flexibility index (Phi) is 4.66. The normalized spacial score (nSPS) is 20.4. The third-order valence-corrected chi connectivity index (χ3v) is 5.30. The second-order valence-electron chi connectivity index (χ2n) is 4.98. The fourth-order valence-electron chi connectivity index (χ4n) is 2.35. The van der Waals surface area contributed by atoms with Crippen molar-refractivity contribution in [1.82, 2.24) is 9.29 Å². The Labute approximate surface area is 127 Å². The highest BCUT2D eigenvalue weighted by Crippen LogP contribution is 2.25. The summed E-state index contributed by atoms with van der Waals surface area (Å²) in [5, 5.41) is 0. The van der Waals surface area contributed by atoms with Crippen molar-refractivity contribution < 1.29 is 12.8 Å². The molecule has 0 aliphatic carbocycles. The summed E-state index contributed by atoms with van der Waals surface area (Å²) in [7, 11) is -1.68. The molecule has 112 valence electrons. The van der Waals surface area contributed by atoms with Crippen molar-refractivity contribution in [2.45, 2.75) is 18.9 Å². The van der Waals surface area contributed by atoms with Crippen LogP contribution < -0.4 is 4.90 Å². The van der Waals surface area contributed by atoms with Crippen LogP contribution in [-0.2, 0) is 10.0 Å². The Morgan fingerprint density at radius 1 is 1.55 bits per heavy atom.